The molecule has 8 heteroatoms. The van der Waals surface area contributed by atoms with Gasteiger partial charge in [0.15, 0.2) is 5.96 Å². The Morgan fingerprint density at radius 2 is 1.82 bits per heavy atom. The third-order valence-electron chi connectivity index (χ3n) is 6.35. The first kappa shape index (κ1) is 25.1. The smallest absolute Gasteiger partial charge is 0.227 e. The lowest BCUT2D eigenvalue weighted by Crippen LogP contribution is -2.52. The Bertz CT molecular complexity index is 938. The number of carbonyl (C=O) groups is 1. The summed E-state index contributed by atoms with van der Waals surface area (Å²) in [5, 5.41) is 6.53. The normalized spacial score (nSPS) is 16.5. The molecule has 2 aromatic carbocycles. The van der Waals surface area contributed by atoms with E-state index in [0.29, 0.717) is 6.54 Å². The third-order valence-corrected chi connectivity index (χ3v) is 6.35. The number of hydrogen-bond donors (Lipinski definition) is 2. The van der Waals surface area contributed by atoms with Gasteiger partial charge in [0.25, 0.3) is 0 Å². The molecule has 4 rings (SSSR count). The number of carbonyl (C=O) groups excluding carboxylic acids is 1. The molecule has 2 fully saturated rings. The second-order valence-corrected chi connectivity index (χ2v) is 8.39. The highest BCUT2D eigenvalue weighted by Crippen LogP contribution is 2.27. The number of methoxy groups -OCH3 is 1. The first-order chi connectivity index (χ1) is 15.7. The van der Waals surface area contributed by atoms with Crippen LogP contribution >= 0.6 is 24.0 Å². The van der Waals surface area contributed by atoms with Crippen molar-refractivity contribution in [3.8, 4) is 5.75 Å². The Kier molecular flexibility index (Phi) is 9.22. The molecule has 1 heterocycles. The van der Waals surface area contributed by atoms with Gasteiger partial charge in [0, 0.05) is 57.1 Å². The molecule has 1 amide bonds. The van der Waals surface area contributed by atoms with Gasteiger partial charge in [-0.15, -0.1) is 24.0 Å². The largest absolute Gasteiger partial charge is 0.497 e. The first-order valence-corrected chi connectivity index (χ1v) is 11.4. The molecule has 178 valence electrons. The van der Waals surface area contributed by atoms with Crippen LogP contribution in [0, 0.1) is 5.92 Å². The lowest BCUT2D eigenvalue weighted by molar-refractivity contribution is -0.122. The maximum atomic E-state index is 12.2. The van der Waals surface area contributed by atoms with Crippen molar-refractivity contribution in [3.05, 3.63) is 54.1 Å². The number of aliphatic imine (C=N–C) groups is 1. The molecule has 0 unspecified atom stereocenters. The Hall–Kier alpha value is -2.49. The van der Waals surface area contributed by atoms with Crippen molar-refractivity contribution in [2.45, 2.75) is 25.8 Å². The van der Waals surface area contributed by atoms with E-state index in [2.05, 4.69) is 43.6 Å². The molecule has 1 saturated heterocycles. The fraction of sp³-hybridized carbons (Fsp3) is 0.440. The topological polar surface area (TPSA) is 69.2 Å². The van der Waals surface area contributed by atoms with Gasteiger partial charge in [-0.05, 0) is 54.8 Å². The Morgan fingerprint density at radius 3 is 2.42 bits per heavy atom. The maximum absolute atomic E-state index is 12.2. The summed E-state index contributed by atoms with van der Waals surface area (Å²) in [6, 6.07) is 16.3. The number of halogens is 1. The molecular weight excluding hydrogens is 529 g/mol. The quantitative estimate of drug-likeness (QED) is 0.317. The van der Waals surface area contributed by atoms with Crippen molar-refractivity contribution in [3.63, 3.8) is 0 Å². The van der Waals surface area contributed by atoms with E-state index in [1.807, 2.05) is 37.4 Å². The van der Waals surface area contributed by atoms with E-state index in [4.69, 9.17) is 4.74 Å². The van der Waals surface area contributed by atoms with Gasteiger partial charge in [0.1, 0.15) is 5.75 Å². The van der Waals surface area contributed by atoms with Gasteiger partial charge in [-0.3, -0.25) is 9.79 Å². The summed E-state index contributed by atoms with van der Waals surface area (Å²) in [5.41, 5.74) is 3.20. The van der Waals surface area contributed by atoms with Gasteiger partial charge in [0.2, 0.25) is 5.91 Å². The van der Waals surface area contributed by atoms with E-state index in [1.165, 1.54) is 5.69 Å². The Balaban J connectivity index is 0.00000306. The van der Waals surface area contributed by atoms with Gasteiger partial charge in [-0.2, -0.15) is 0 Å². The van der Waals surface area contributed by atoms with Gasteiger partial charge in [-0.25, -0.2) is 0 Å². The molecule has 2 aromatic rings. The Morgan fingerprint density at radius 1 is 1.09 bits per heavy atom. The minimum absolute atomic E-state index is 0. The molecule has 1 aliphatic heterocycles. The minimum Gasteiger partial charge on any atom is -0.497 e. The number of benzene rings is 2. The molecule has 0 spiro atoms. The highest BCUT2D eigenvalue weighted by Gasteiger charge is 2.25. The molecule has 0 bridgehead atoms. The molecule has 0 atom stereocenters. The standard InChI is InChI=1S/C25H33N5O2.HI/c1-26-25(30-15-13-29(14-16-30)22-9-11-23(32-2)12-10-22)27-18-19-5-3-8-21(17-19)28-24(31)20-6-4-7-20;/h3,5,8-12,17,20H,4,6-7,13-16,18H2,1-2H3,(H,26,27)(H,28,31);1H. The summed E-state index contributed by atoms with van der Waals surface area (Å²) < 4.78 is 5.26. The molecule has 2 N–H and O–H groups in total. The summed E-state index contributed by atoms with van der Waals surface area (Å²) in [6.07, 6.45) is 3.18. The molecule has 1 saturated carbocycles. The average molecular weight is 563 g/mol. The van der Waals surface area contributed by atoms with Crippen LogP contribution in [0.4, 0.5) is 11.4 Å². The Labute approximate surface area is 213 Å². The minimum atomic E-state index is 0. The number of hydrogen-bond acceptors (Lipinski definition) is 4. The van der Waals surface area contributed by atoms with Crippen LogP contribution in [0.3, 0.4) is 0 Å². The van der Waals surface area contributed by atoms with Gasteiger partial charge in [0.05, 0.1) is 7.11 Å². The van der Waals surface area contributed by atoms with Crippen LogP contribution in [0.1, 0.15) is 24.8 Å². The van der Waals surface area contributed by atoms with Gasteiger partial charge >= 0.3 is 0 Å². The van der Waals surface area contributed by atoms with Crippen LogP contribution in [0.5, 0.6) is 5.75 Å². The summed E-state index contributed by atoms with van der Waals surface area (Å²) >= 11 is 0. The fourth-order valence-electron chi connectivity index (χ4n) is 4.16. The number of piperazine rings is 1. The van der Waals surface area contributed by atoms with Crippen molar-refractivity contribution in [2.24, 2.45) is 10.9 Å². The number of rotatable bonds is 6. The number of nitrogens with zero attached hydrogens (tertiary/aromatic N) is 3. The highest BCUT2D eigenvalue weighted by atomic mass is 127. The van der Waals surface area contributed by atoms with Crippen LogP contribution < -0.4 is 20.3 Å². The van der Waals surface area contributed by atoms with E-state index in [0.717, 1.165) is 68.4 Å². The summed E-state index contributed by atoms with van der Waals surface area (Å²) in [6.45, 7) is 4.36. The molecule has 33 heavy (non-hydrogen) atoms. The predicted molar refractivity (Wildman–Crippen MR) is 145 cm³/mol. The third kappa shape index (κ3) is 6.52. The van der Waals surface area contributed by atoms with Crippen molar-refractivity contribution in [1.82, 2.24) is 10.2 Å². The number of anilines is 2. The van der Waals surface area contributed by atoms with Crippen molar-refractivity contribution >= 4 is 47.2 Å². The van der Waals surface area contributed by atoms with E-state index < -0.39 is 0 Å². The number of guanidine groups is 1. The maximum Gasteiger partial charge on any atom is 0.227 e. The predicted octanol–water partition coefficient (Wildman–Crippen LogP) is 3.95. The van der Waals surface area contributed by atoms with Crippen LogP contribution in [0.25, 0.3) is 0 Å². The van der Waals surface area contributed by atoms with Crippen molar-refractivity contribution < 1.29 is 9.53 Å². The number of amides is 1. The SMILES string of the molecule is CN=C(NCc1cccc(NC(=O)C2CCC2)c1)N1CCN(c2ccc(OC)cc2)CC1.I. The second-order valence-electron chi connectivity index (χ2n) is 8.39. The van der Waals surface area contributed by atoms with Crippen LogP contribution in [0.2, 0.25) is 0 Å². The van der Waals surface area contributed by atoms with E-state index in [1.54, 1.807) is 7.11 Å². The highest BCUT2D eigenvalue weighted by molar-refractivity contribution is 14.0. The molecule has 0 aromatic heterocycles. The lowest BCUT2D eigenvalue weighted by atomic mass is 9.85. The zero-order valence-corrected chi connectivity index (χ0v) is 21.7. The zero-order valence-electron chi connectivity index (χ0n) is 19.4. The van der Waals surface area contributed by atoms with E-state index >= 15 is 0 Å². The lowest BCUT2D eigenvalue weighted by Gasteiger charge is -2.37. The van der Waals surface area contributed by atoms with Crippen molar-refractivity contribution in [2.75, 3.05) is 50.6 Å². The van der Waals surface area contributed by atoms with Crippen LogP contribution in [0.15, 0.2) is 53.5 Å². The first-order valence-electron chi connectivity index (χ1n) is 11.4. The number of nitrogens with one attached hydrogen (secondary N) is 2. The van der Waals surface area contributed by atoms with E-state index in [-0.39, 0.29) is 35.8 Å². The van der Waals surface area contributed by atoms with Gasteiger partial charge < -0.3 is 25.2 Å². The molecule has 7 nitrogen and oxygen atoms in total. The van der Waals surface area contributed by atoms with Crippen LogP contribution in [-0.4, -0.2) is 57.1 Å². The monoisotopic (exact) mass is 563 g/mol. The summed E-state index contributed by atoms with van der Waals surface area (Å²) in [7, 11) is 3.52. The zero-order chi connectivity index (χ0) is 22.3. The molecule has 1 aliphatic carbocycles. The van der Waals surface area contributed by atoms with E-state index in [9.17, 15) is 4.79 Å². The number of ether oxygens (including phenoxy) is 1. The average Bonchev–Trinajstić information content (AvgIpc) is 2.79. The van der Waals surface area contributed by atoms with Crippen molar-refractivity contribution in [1.29, 1.82) is 0 Å². The van der Waals surface area contributed by atoms with Gasteiger partial charge in [-0.1, -0.05) is 18.6 Å². The molecule has 0 radical (unpaired) electrons. The molecule has 2 aliphatic rings. The fourth-order valence-corrected chi connectivity index (χ4v) is 4.16. The summed E-state index contributed by atoms with van der Waals surface area (Å²) in [5.74, 6) is 2.12. The molecular formula is C25H34IN5O2. The van der Waals surface area contributed by atoms with Crippen LogP contribution in [-0.2, 0) is 11.3 Å². The second kappa shape index (κ2) is 12.1. The summed E-state index contributed by atoms with van der Waals surface area (Å²) in [4.78, 5) is 21.4.